The largest absolute Gasteiger partial charge is 0.466 e. The van der Waals surface area contributed by atoms with Gasteiger partial charge in [-0.05, 0) is 18.6 Å². The number of carbonyl (C=O) groups excluding carboxylic acids is 2. The number of thioether (sulfide) groups is 1. The zero-order valence-corrected chi connectivity index (χ0v) is 17.2. The molecule has 0 aliphatic carbocycles. The SMILES string of the molecule is CCCCOCCOCC(=O)Nc1ccccc1NC1=C(C(=O)OC)CSC1. The summed E-state index contributed by atoms with van der Waals surface area (Å²) in [5.41, 5.74) is 2.78. The molecule has 7 nitrogen and oxygen atoms in total. The third-order valence-electron chi connectivity index (χ3n) is 4.02. The molecule has 0 fully saturated rings. The Morgan fingerprint density at radius 3 is 2.57 bits per heavy atom. The maximum absolute atomic E-state index is 12.2. The van der Waals surface area contributed by atoms with Gasteiger partial charge in [0, 0.05) is 23.8 Å². The average Bonchev–Trinajstić information content (AvgIpc) is 3.16. The molecule has 1 aliphatic rings. The first kappa shape index (κ1) is 22.3. The minimum Gasteiger partial charge on any atom is -0.466 e. The van der Waals surface area contributed by atoms with Crippen molar-refractivity contribution < 1.29 is 23.8 Å². The van der Waals surface area contributed by atoms with E-state index in [9.17, 15) is 9.59 Å². The standard InChI is InChI=1S/C20H28N2O5S/c1-3-4-9-26-10-11-27-12-19(23)22-17-8-6-5-7-16(17)21-18-14-28-13-15(18)20(24)25-2/h5-8,21H,3-4,9-14H2,1-2H3,(H,22,23). The molecule has 1 heterocycles. The van der Waals surface area contributed by atoms with Crippen LogP contribution in [0, 0.1) is 0 Å². The summed E-state index contributed by atoms with van der Waals surface area (Å²) in [6.07, 6.45) is 2.12. The van der Waals surface area contributed by atoms with Gasteiger partial charge >= 0.3 is 5.97 Å². The predicted octanol–water partition coefficient (Wildman–Crippen LogP) is 3.04. The van der Waals surface area contributed by atoms with E-state index in [1.807, 2.05) is 18.2 Å². The number of esters is 1. The molecule has 1 aromatic rings. The molecular formula is C20H28N2O5S. The van der Waals surface area contributed by atoms with Crippen LogP contribution in [0.1, 0.15) is 19.8 Å². The fraction of sp³-hybridized carbons (Fsp3) is 0.500. The quantitative estimate of drug-likeness (QED) is 0.406. The van der Waals surface area contributed by atoms with Gasteiger partial charge in [-0.3, -0.25) is 4.79 Å². The number of carbonyl (C=O) groups is 2. The number of rotatable bonds is 12. The van der Waals surface area contributed by atoms with E-state index in [4.69, 9.17) is 14.2 Å². The van der Waals surface area contributed by atoms with Gasteiger partial charge in [0.15, 0.2) is 0 Å². The number of hydrogen-bond donors (Lipinski definition) is 2. The van der Waals surface area contributed by atoms with Gasteiger partial charge in [0.1, 0.15) is 6.61 Å². The van der Waals surface area contributed by atoms with E-state index >= 15 is 0 Å². The Morgan fingerprint density at radius 2 is 1.82 bits per heavy atom. The number of amides is 1. The minimum atomic E-state index is -0.330. The molecule has 0 aromatic heterocycles. The van der Waals surface area contributed by atoms with Crippen LogP contribution in [0.3, 0.4) is 0 Å². The Kier molecular flexibility index (Phi) is 9.88. The number of ether oxygens (including phenoxy) is 3. The highest BCUT2D eigenvalue weighted by Gasteiger charge is 2.22. The van der Waals surface area contributed by atoms with Gasteiger partial charge in [-0.25, -0.2) is 4.79 Å². The molecule has 1 amide bonds. The van der Waals surface area contributed by atoms with Crippen LogP contribution in [-0.2, 0) is 23.8 Å². The fourth-order valence-electron chi connectivity index (χ4n) is 2.53. The van der Waals surface area contributed by atoms with Crippen LogP contribution >= 0.6 is 11.8 Å². The van der Waals surface area contributed by atoms with Gasteiger partial charge < -0.3 is 24.8 Å². The lowest BCUT2D eigenvalue weighted by atomic mass is 10.2. The van der Waals surface area contributed by atoms with Crippen LogP contribution in [0.5, 0.6) is 0 Å². The monoisotopic (exact) mass is 408 g/mol. The van der Waals surface area contributed by atoms with Gasteiger partial charge in [-0.1, -0.05) is 25.5 Å². The highest BCUT2D eigenvalue weighted by Crippen LogP contribution is 2.29. The summed E-state index contributed by atoms with van der Waals surface area (Å²) in [6, 6.07) is 7.35. The number of methoxy groups -OCH3 is 1. The highest BCUT2D eigenvalue weighted by atomic mass is 32.2. The van der Waals surface area contributed by atoms with Crippen molar-refractivity contribution in [1.82, 2.24) is 0 Å². The zero-order valence-electron chi connectivity index (χ0n) is 16.4. The Bertz CT molecular complexity index is 693. The maximum Gasteiger partial charge on any atom is 0.336 e. The van der Waals surface area contributed by atoms with Crippen molar-refractivity contribution in [3.8, 4) is 0 Å². The van der Waals surface area contributed by atoms with Crippen LogP contribution in [0.2, 0.25) is 0 Å². The van der Waals surface area contributed by atoms with E-state index in [2.05, 4.69) is 17.6 Å². The van der Waals surface area contributed by atoms with Crippen molar-refractivity contribution >= 4 is 35.0 Å². The van der Waals surface area contributed by atoms with Gasteiger partial charge in [-0.15, -0.1) is 0 Å². The summed E-state index contributed by atoms with van der Waals surface area (Å²) in [5.74, 6) is 0.723. The Morgan fingerprint density at radius 1 is 1.07 bits per heavy atom. The number of unbranched alkanes of at least 4 members (excludes halogenated alkanes) is 1. The second-order valence-corrected chi connectivity index (χ2v) is 7.16. The third kappa shape index (κ3) is 7.18. The molecule has 8 heteroatoms. The van der Waals surface area contributed by atoms with Crippen molar-refractivity contribution in [3.05, 3.63) is 35.5 Å². The average molecular weight is 409 g/mol. The van der Waals surface area contributed by atoms with Crippen molar-refractivity contribution in [2.45, 2.75) is 19.8 Å². The smallest absolute Gasteiger partial charge is 0.336 e. The second kappa shape index (κ2) is 12.4. The molecule has 0 saturated heterocycles. The van der Waals surface area contributed by atoms with Crippen molar-refractivity contribution in [1.29, 1.82) is 0 Å². The number of para-hydroxylation sites is 2. The molecule has 2 rings (SSSR count). The van der Waals surface area contributed by atoms with E-state index in [1.165, 1.54) is 7.11 Å². The van der Waals surface area contributed by atoms with Crippen molar-refractivity contribution in [2.24, 2.45) is 0 Å². The zero-order chi connectivity index (χ0) is 20.2. The maximum atomic E-state index is 12.2. The van der Waals surface area contributed by atoms with Gasteiger partial charge in [0.05, 0.1) is 37.3 Å². The van der Waals surface area contributed by atoms with E-state index in [-0.39, 0.29) is 18.5 Å². The van der Waals surface area contributed by atoms with E-state index in [1.54, 1.807) is 17.8 Å². The number of benzene rings is 1. The molecule has 154 valence electrons. The van der Waals surface area contributed by atoms with Crippen LogP contribution in [0.25, 0.3) is 0 Å². The first-order chi connectivity index (χ1) is 13.7. The summed E-state index contributed by atoms with van der Waals surface area (Å²) in [5, 5.41) is 6.10. The van der Waals surface area contributed by atoms with Crippen LogP contribution in [-0.4, -0.2) is 56.9 Å². The minimum absolute atomic E-state index is 0.0442. The van der Waals surface area contributed by atoms with E-state index in [0.29, 0.717) is 42.6 Å². The topological polar surface area (TPSA) is 85.9 Å². The van der Waals surface area contributed by atoms with Crippen LogP contribution in [0.15, 0.2) is 35.5 Å². The number of nitrogens with one attached hydrogen (secondary N) is 2. The van der Waals surface area contributed by atoms with Crippen LogP contribution in [0.4, 0.5) is 11.4 Å². The molecule has 0 saturated carbocycles. The lowest BCUT2D eigenvalue weighted by Gasteiger charge is -2.14. The highest BCUT2D eigenvalue weighted by molar-refractivity contribution is 8.00. The molecule has 28 heavy (non-hydrogen) atoms. The van der Waals surface area contributed by atoms with E-state index < -0.39 is 0 Å². The Labute approximate surface area is 170 Å². The molecule has 0 atom stereocenters. The third-order valence-corrected chi connectivity index (χ3v) is 5.01. The van der Waals surface area contributed by atoms with Gasteiger partial charge in [0.25, 0.3) is 0 Å². The lowest BCUT2D eigenvalue weighted by Crippen LogP contribution is -2.21. The lowest BCUT2D eigenvalue weighted by molar-refractivity contribution is -0.136. The first-order valence-electron chi connectivity index (χ1n) is 9.35. The summed E-state index contributed by atoms with van der Waals surface area (Å²) in [7, 11) is 1.37. The summed E-state index contributed by atoms with van der Waals surface area (Å²) >= 11 is 1.64. The predicted molar refractivity (Wildman–Crippen MR) is 112 cm³/mol. The van der Waals surface area contributed by atoms with Crippen molar-refractivity contribution in [3.63, 3.8) is 0 Å². The molecule has 0 radical (unpaired) electrons. The molecule has 2 N–H and O–H groups in total. The van der Waals surface area contributed by atoms with Crippen LogP contribution < -0.4 is 10.6 Å². The summed E-state index contributed by atoms with van der Waals surface area (Å²) < 4.78 is 15.6. The molecular weight excluding hydrogens is 380 g/mol. The Hall–Kier alpha value is -2.03. The fourth-order valence-corrected chi connectivity index (χ4v) is 3.58. The molecule has 1 aromatic carbocycles. The molecule has 0 unspecified atom stereocenters. The summed E-state index contributed by atoms with van der Waals surface area (Å²) in [6.45, 7) is 3.64. The molecule has 0 bridgehead atoms. The summed E-state index contributed by atoms with van der Waals surface area (Å²) in [4.78, 5) is 24.0. The molecule has 0 spiro atoms. The van der Waals surface area contributed by atoms with Crippen molar-refractivity contribution in [2.75, 3.05) is 55.7 Å². The second-order valence-electron chi connectivity index (χ2n) is 6.18. The number of hydrogen-bond acceptors (Lipinski definition) is 7. The molecule has 1 aliphatic heterocycles. The first-order valence-corrected chi connectivity index (χ1v) is 10.5. The Balaban J connectivity index is 1.86. The van der Waals surface area contributed by atoms with E-state index in [0.717, 1.165) is 24.2 Å². The van der Waals surface area contributed by atoms with Gasteiger partial charge in [-0.2, -0.15) is 11.8 Å². The normalized spacial score (nSPS) is 13.5. The van der Waals surface area contributed by atoms with Gasteiger partial charge in [0.2, 0.25) is 5.91 Å². The number of anilines is 2.